The second kappa shape index (κ2) is 6.67. The van der Waals surface area contributed by atoms with Gasteiger partial charge in [0.1, 0.15) is 5.25 Å². The molecule has 0 fully saturated rings. The summed E-state index contributed by atoms with van der Waals surface area (Å²) in [4.78, 5) is 30.6. The van der Waals surface area contributed by atoms with E-state index in [1.165, 1.54) is 11.0 Å². The van der Waals surface area contributed by atoms with Crippen LogP contribution in [0.5, 0.6) is 0 Å². The number of halogens is 1. The molecule has 138 valence electrons. The number of fused-ring (bicyclic) bond motifs is 1. The van der Waals surface area contributed by atoms with E-state index in [9.17, 15) is 14.7 Å². The highest BCUT2D eigenvalue weighted by molar-refractivity contribution is 8.15. The van der Waals surface area contributed by atoms with Crippen LogP contribution in [0.3, 0.4) is 0 Å². The predicted octanol–water partition coefficient (Wildman–Crippen LogP) is 2.07. The molecule has 27 heavy (non-hydrogen) atoms. The molecule has 0 spiro atoms. The minimum atomic E-state index is -2.05. The Kier molecular flexibility index (Phi) is 4.46. The number of nitrogens with zero attached hydrogens (tertiary/aromatic N) is 2. The zero-order chi connectivity index (χ0) is 19.2. The van der Waals surface area contributed by atoms with Gasteiger partial charge in [-0.2, -0.15) is 4.99 Å². The van der Waals surface area contributed by atoms with Gasteiger partial charge in [-0.15, -0.1) is 0 Å². The lowest BCUT2D eigenvalue weighted by molar-refractivity contribution is -0.140. The maximum Gasteiger partial charge on any atom is 0.265 e. The van der Waals surface area contributed by atoms with Crippen LogP contribution >= 0.6 is 23.4 Å². The van der Waals surface area contributed by atoms with E-state index >= 15 is 0 Å². The molecule has 2 atom stereocenters. The molecule has 0 saturated heterocycles. The van der Waals surface area contributed by atoms with E-state index in [4.69, 9.17) is 17.3 Å². The van der Waals surface area contributed by atoms with E-state index < -0.39 is 22.7 Å². The fourth-order valence-corrected chi connectivity index (χ4v) is 4.58. The first kappa shape index (κ1) is 18.0. The van der Waals surface area contributed by atoms with Crippen molar-refractivity contribution in [3.8, 4) is 0 Å². The van der Waals surface area contributed by atoms with Crippen molar-refractivity contribution in [3.63, 3.8) is 0 Å². The Hall–Kier alpha value is -2.35. The molecule has 2 aromatic carbocycles. The quantitative estimate of drug-likeness (QED) is 0.817. The Bertz CT molecular complexity index is 966. The maximum atomic E-state index is 13.2. The highest BCUT2D eigenvalue weighted by Crippen LogP contribution is 2.48. The second-order valence-electron chi connectivity index (χ2n) is 6.41. The number of carbonyl (C=O) groups is 2. The van der Waals surface area contributed by atoms with Crippen LogP contribution in [0, 0.1) is 0 Å². The van der Waals surface area contributed by atoms with Gasteiger partial charge < -0.3 is 15.7 Å². The highest BCUT2D eigenvalue weighted by Gasteiger charge is 2.59. The number of amidine groups is 1. The molecule has 0 aromatic heterocycles. The molecule has 6 nitrogen and oxygen atoms in total. The summed E-state index contributed by atoms with van der Waals surface area (Å²) < 4.78 is 0. The van der Waals surface area contributed by atoms with Gasteiger partial charge in [-0.3, -0.25) is 9.59 Å². The molecule has 3 N–H and O–H groups in total. The Morgan fingerprint density at radius 2 is 1.96 bits per heavy atom. The standard InChI is InChI=1S/C19H16ClN3O3S/c20-12-6-7-14-13(10-12)19(26,15-16(24)22-18(21)27-15)17(25)23(14)9-8-11-4-2-1-3-5-11/h1-7,10,15,26H,8-9H2,(H2,21,22,24). The number of amides is 2. The van der Waals surface area contributed by atoms with Gasteiger partial charge in [0.2, 0.25) is 0 Å². The fourth-order valence-electron chi connectivity index (χ4n) is 3.47. The molecule has 0 radical (unpaired) electrons. The average Bonchev–Trinajstić information content (AvgIpc) is 3.10. The van der Waals surface area contributed by atoms with Crippen molar-refractivity contribution in [1.82, 2.24) is 0 Å². The van der Waals surface area contributed by atoms with Gasteiger partial charge in [0.25, 0.3) is 11.8 Å². The van der Waals surface area contributed by atoms with Crippen LogP contribution in [0.25, 0.3) is 0 Å². The molecular formula is C19H16ClN3O3S. The zero-order valence-corrected chi connectivity index (χ0v) is 15.7. The van der Waals surface area contributed by atoms with Crippen molar-refractivity contribution in [1.29, 1.82) is 0 Å². The number of nitrogens with two attached hydrogens (primary N) is 1. The van der Waals surface area contributed by atoms with Gasteiger partial charge in [-0.1, -0.05) is 53.7 Å². The number of thioether (sulfide) groups is 1. The summed E-state index contributed by atoms with van der Waals surface area (Å²) in [5.41, 5.74) is 5.50. The van der Waals surface area contributed by atoms with E-state index in [1.807, 2.05) is 30.3 Å². The summed E-state index contributed by atoms with van der Waals surface area (Å²) in [5.74, 6) is -1.18. The number of hydrogen-bond donors (Lipinski definition) is 2. The minimum absolute atomic E-state index is 0.0394. The van der Waals surface area contributed by atoms with Crippen LogP contribution < -0.4 is 10.6 Å². The third-order valence-corrected chi connectivity index (χ3v) is 6.11. The number of hydrogen-bond acceptors (Lipinski definition) is 5. The largest absolute Gasteiger partial charge is 0.378 e. The van der Waals surface area contributed by atoms with Crippen LogP contribution in [-0.2, 0) is 21.6 Å². The van der Waals surface area contributed by atoms with Gasteiger partial charge in [-0.25, -0.2) is 0 Å². The molecule has 4 rings (SSSR count). The normalized spacial score (nSPS) is 24.3. The number of aliphatic imine (C=N–C) groups is 1. The fraction of sp³-hybridized carbons (Fsp3) is 0.211. The highest BCUT2D eigenvalue weighted by atomic mass is 35.5. The second-order valence-corrected chi connectivity index (χ2v) is 7.97. The lowest BCUT2D eigenvalue weighted by Gasteiger charge is -2.26. The smallest absolute Gasteiger partial charge is 0.265 e. The Labute approximate surface area is 165 Å². The topological polar surface area (TPSA) is 96.0 Å². The van der Waals surface area contributed by atoms with Crippen LogP contribution in [0.15, 0.2) is 53.5 Å². The van der Waals surface area contributed by atoms with Crippen molar-refractivity contribution < 1.29 is 14.7 Å². The number of benzene rings is 2. The van der Waals surface area contributed by atoms with E-state index in [-0.39, 0.29) is 5.17 Å². The van der Waals surface area contributed by atoms with Crippen molar-refractivity contribution in [2.24, 2.45) is 10.7 Å². The average molecular weight is 402 g/mol. The molecular weight excluding hydrogens is 386 g/mol. The third-order valence-electron chi connectivity index (χ3n) is 4.76. The van der Waals surface area contributed by atoms with E-state index in [2.05, 4.69) is 4.99 Å². The number of carbonyl (C=O) groups excluding carboxylic acids is 2. The summed E-state index contributed by atoms with van der Waals surface area (Å²) in [6.07, 6.45) is 0.606. The SMILES string of the molecule is NC1=NC(=O)C(C2(O)C(=O)N(CCc3ccccc3)c3ccc(Cl)cc32)S1. The molecule has 0 aliphatic carbocycles. The summed E-state index contributed by atoms with van der Waals surface area (Å²) in [6.45, 7) is 0.363. The predicted molar refractivity (Wildman–Crippen MR) is 106 cm³/mol. The van der Waals surface area contributed by atoms with E-state index in [0.717, 1.165) is 17.3 Å². The number of aliphatic hydroxyl groups is 1. The van der Waals surface area contributed by atoms with E-state index in [1.54, 1.807) is 12.1 Å². The summed E-state index contributed by atoms with van der Waals surface area (Å²) in [5, 5.41) is 10.7. The molecule has 2 heterocycles. The van der Waals surface area contributed by atoms with Crippen molar-refractivity contribution in [2.45, 2.75) is 17.3 Å². The molecule has 2 amide bonds. The molecule has 2 aliphatic rings. The summed E-state index contributed by atoms with van der Waals surface area (Å²) in [7, 11) is 0. The first-order valence-electron chi connectivity index (χ1n) is 8.34. The van der Waals surface area contributed by atoms with Crippen LogP contribution in [0.4, 0.5) is 5.69 Å². The lowest BCUT2D eigenvalue weighted by Crippen LogP contribution is -2.49. The molecule has 0 saturated carbocycles. The Morgan fingerprint density at radius 3 is 2.63 bits per heavy atom. The van der Waals surface area contributed by atoms with Crippen LogP contribution in [0.1, 0.15) is 11.1 Å². The molecule has 2 aromatic rings. The number of anilines is 1. The Balaban J connectivity index is 1.71. The molecule has 0 bridgehead atoms. The van der Waals surface area contributed by atoms with Crippen molar-refractivity contribution in [3.05, 3.63) is 64.7 Å². The monoisotopic (exact) mass is 401 g/mol. The van der Waals surface area contributed by atoms with E-state index in [0.29, 0.717) is 29.2 Å². The van der Waals surface area contributed by atoms with Gasteiger partial charge in [0.15, 0.2) is 10.8 Å². The summed E-state index contributed by atoms with van der Waals surface area (Å²) >= 11 is 7.00. The van der Waals surface area contributed by atoms with Gasteiger partial charge in [0, 0.05) is 17.1 Å². The lowest BCUT2D eigenvalue weighted by atomic mass is 9.91. The van der Waals surface area contributed by atoms with Gasteiger partial charge >= 0.3 is 0 Å². The number of rotatable bonds is 4. The van der Waals surface area contributed by atoms with Gasteiger partial charge in [0.05, 0.1) is 5.69 Å². The van der Waals surface area contributed by atoms with Crippen molar-refractivity contribution in [2.75, 3.05) is 11.4 Å². The minimum Gasteiger partial charge on any atom is -0.378 e. The van der Waals surface area contributed by atoms with Crippen LogP contribution in [-0.4, -0.2) is 33.9 Å². The summed E-state index contributed by atoms with van der Waals surface area (Å²) in [6, 6.07) is 14.6. The molecule has 2 aliphatic heterocycles. The first-order chi connectivity index (χ1) is 12.9. The van der Waals surface area contributed by atoms with Crippen LogP contribution in [0.2, 0.25) is 5.02 Å². The van der Waals surface area contributed by atoms with Crippen molar-refractivity contribution >= 4 is 46.0 Å². The maximum absolute atomic E-state index is 13.2. The molecule has 2 unspecified atom stereocenters. The first-order valence-corrected chi connectivity index (χ1v) is 9.60. The Morgan fingerprint density at radius 1 is 1.22 bits per heavy atom. The molecule has 8 heteroatoms. The van der Waals surface area contributed by atoms with Gasteiger partial charge in [-0.05, 0) is 30.2 Å². The zero-order valence-electron chi connectivity index (χ0n) is 14.1. The third kappa shape index (κ3) is 2.92.